The number of benzene rings is 1. The molecule has 100 valence electrons. The highest BCUT2D eigenvalue weighted by atomic mass is 16.5. The zero-order chi connectivity index (χ0) is 13.5. The van der Waals surface area contributed by atoms with Crippen molar-refractivity contribution in [1.29, 1.82) is 0 Å². The molecule has 0 aliphatic rings. The van der Waals surface area contributed by atoms with Crippen molar-refractivity contribution in [2.24, 2.45) is 0 Å². The lowest BCUT2D eigenvalue weighted by atomic mass is 10.1. The number of rotatable bonds is 6. The van der Waals surface area contributed by atoms with Crippen molar-refractivity contribution in [3.8, 4) is 5.75 Å². The van der Waals surface area contributed by atoms with Gasteiger partial charge in [0.2, 0.25) is 0 Å². The van der Waals surface area contributed by atoms with Gasteiger partial charge in [-0.3, -0.25) is 4.79 Å². The number of hydrogen-bond acceptors (Lipinski definition) is 4. The van der Waals surface area contributed by atoms with Crippen LogP contribution < -0.4 is 10.1 Å². The predicted octanol–water partition coefficient (Wildman–Crippen LogP) is 1.83. The van der Waals surface area contributed by atoms with Gasteiger partial charge in [0.15, 0.2) is 0 Å². The average molecular weight is 251 g/mol. The minimum atomic E-state index is -0.438. The molecule has 0 saturated carbocycles. The Morgan fingerprint density at radius 1 is 1.33 bits per heavy atom. The molecule has 0 spiro atoms. The van der Waals surface area contributed by atoms with E-state index in [9.17, 15) is 4.79 Å². The molecule has 0 aromatic heterocycles. The zero-order valence-corrected chi connectivity index (χ0v) is 11.4. The molecule has 0 heterocycles. The first-order valence-corrected chi connectivity index (χ1v) is 6.12. The highest BCUT2D eigenvalue weighted by Gasteiger charge is 2.18. The Morgan fingerprint density at radius 3 is 2.61 bits per heavy atom. The Bertz CT molecular complexity index is 404. The Labute approximate surface area is 108 Å². The molecule has 0 aliphatic carbocycles. The monoisotopic (exact) mass is 251 g/mol. The fourth-order valence-corrected chi connectivity index (χ4v) is 1.50. The standard InChI is InChI=1S/C14H21NO3/c1-5-17-14(16)13(15-4)9-18-12-7-6-10(2)11(3)8-12/h6-8,13,15H,5,9H2,1-4H3. The molecule has 4 heteroatoms. The predicted molar refractivity (Wildman–Crippen MR) is 70.9 cm³/mol. The van der Waals surface area contributed by atoms with Crippen LogP contribution in [-0.2, 0) is 9.53 Å². The van der Waals surface area contributed by atoms with Crippen molar-refractivity contribution in [2.45, 2.75) is 26.8 Å². The van der Waals surface area contributed by atoms with Gasteiger partial charge in [-0.2, -0.15) is 0 Å². The lowest BCUT2D eigenvalue weighted by Crippen LogP contribution is -2.40. The number of carbonyl (C=O) groups excluding carboxylic acids is 1. The summed E-state index contributed by atoms with van der Waals surface area (Å²) in [7, 11) is 1.71. The number of aryl methyl sites for hydroxylation is 2. The first kappa shape index (κ1) is 14.5. The lowest BCUT2D eigenvalue weighted by Gasteiger charge is -2.16. The molecular weight excluding hydrogens is 230 g/mol. The van der Waals surface area contributed by atoms with Gasteiger partial charge in [0.25, 0.3) is 0 Å². The first-order valence-electron chi connectivity index (χ1n) is 6.12. The van der Waals surface area contributed by atoms with E-state index in [1.165, 1.54) is 11.1 Å². The Hall–Kier alpha value is -1.55. The Morgan fingerprint density at radius 2 is 2.06 bits per heavy atom. The smallest absolute Gasteiger partial charge is 0.326 e. The molecule has 0 bridgehead atoms. The van der Waals surface area contributed by atoms with Crippen molar-refractivity contribution in [3.63, 3.8) is 0 Å². The van der Waals surface area contributed by atoms with E-state index in [1.54, 1.807) is 14.0 Å². The van der Waals surface area contributed by atoms with Gasteiger partial charge in [0.05, 0.1) is 6.61 Å². The van der Waals surface area contributed by atoms with E-state index >= 15 is 0 Å². The van der Waals surface area contributed by atoms with E-state index in [2.05, 4.69) is 5.32 Å². The molecule has 0 radical (unpaired) electrons. The maximum Gasteiger partial charge on any atom is 0.326 e. The molecular formula is C14H21NO3. The molecule has 1 atom stereocenters. The molecule has 0 saturated heterocycles. The molecule has 1 aromatic rings. The number of carbonyl (C=O) groups is 1. The van der Waals surface area contributed by atoms with Gasteiger partial charge in [-0.15, -0.1) is 0 Å². The van der Waals surface area contributed by atoms with Gasteiger partial charge >= 0.3 is 5.97 Å². The van der Waals surface area contributed by atoms with Crippen LogP contribution in [0, 0.1) is 13.8 Å². The number of likely N-dealkylation sites (N-methyl/N-ethyl adjacent to an activating group) is 1. The van der Waals surface area contributed by atoms with E-state index in [0.717, 1.165) is 5.75 Å². The van der Waals surface area contributed by atoms with Gasteiger partial charge in [-0.05, 0) is 51.1 Å². The second-order valence-electron chi connectivity index (χ2n) is 4.15. The minimum absolute atomic E-state index is 0.262. The van der Waals surface area contributed by atoms with E-state index < -0.39 is 6.04 Å². The third-order valence-corrected chi connectivity index (χ3v) is 2.81. The van der Waals surface area contributed by atoms with Gasteiger partial charge in [-0.25, -0.2) is 0 Å². The summed E-state index contributed by atoms with van der Waals surface area (Å²) in [4.78, 5) is 11.6. The molecule has 1 unspecified atom stereocenters. The van der Waals surface area contributed by atoms with Gasteiger partial charge in [-0.1, -0.05) is 6.07 Å². The Balaban J connectivity index is 2.56. The fraction of sp³-hybridized carbons (Fsp3) is 0.500. The van der Waals surface area contributed by atoms with Crippen LogP contribution in [0.4, 0.5) is 0 Å². The molecule has 0 aliphatic heterocycles. The van der Waals surface area contributed by atoms with Crippen LogP contribution in [0.1, 0.15) is 18.1 Å². The number of nitrogens with one attached hydrogen (secondary N) is 1. The summed E-state index contributed by atoms with van der Waals surface area (Å²) in [5.74, 6) is 0.478. The van der Waals surface area contributed by atoms with Crippen molar-refractivity contribution in [2.75, 3.05) is 20.3 Å². The summed E-state index contributed by atoms with van der Waals surface area (Å²) in [6.07, 6.45) is 0. The van der Waals surface area contributed by atoms with Crippen molar-refractivity contribution in [3.05, 3.63) is 29.3 Å². The largest absolute Gasteiger partial charge is 0.491 e. The molecule has 4 nitrogen and oxygen atoms in total. The maximum absolute atomic E-state index is 11.6. The molecule has 1 rings (SSSR count). The topological polar surface area (TPSA) is 47.6 Å². The summed E-state index contributed by atoms with van der Waals surface area (Å²) in [6.45, 7) is 6.50. The van der Waals surface area contributed by atoms with E-state index in [0.29, 0.717) is 6.61 Å². The summed E-state index contributed by atoms with van der Waals surface area (Å²) < 4.78 is 10.5. The average Bonchev–Trinajstić information content (AvgIpc) is 2.34. The SMILES string of the molecule is CCOC(=O)C(COc1ccc(C)c(C)c1)NC. The first-order chi connectivity index (χ1) is 8.58. The summed E-state index contributed by atoms with van der Waals surface area (Å²) in [5.41, 5.74) is 2.39. The van der Waals surface area contributed by atoms with Crippen LogP contribution >= 0.6 is 0 Å². The van der Waals surface area contributed by atoms with Gasteiger partial charge in [0, 0.05) is 0 Å². The molecule has 1 N–H and O–H groups in total. The highest BCUT2D eigenvalue weighted by molar-refractivity contribution is 5.75. The van der Waals surface area contributed by atoms with Crippen molar-refractivity contribution in [1.82, 2.24) is 5.32 Å². The summed E-state index contributed by atoms with van der Waals surface area (Å²) >= 11 is 0. The zero-order valence-electron chi connectivity index (χ0n) is 11.4. The van der Waals surface area contributed by atoms with Crippen LogP contribution in [0.25, 0.3) is 0 Å². The minimum Gasteiger partial charge on any atom is -0.491 e. The van der Waals surface area contributed by atoms with Crippen LogP contribution in [0.2, 0.25) is 0 Å². The number of esters is 1. The third-order valence-electron chi connectivity index (χ3n) is 2.81. The third kappa shape index (κ3) is 4.04. The second kappa shape index (κ2) is 7.01. The van der Waals surface area contributed by atoms with E-state index in [1.807, 2.05) is 32.0 Å². The van der Waals surface area contributed by atoms with Gasteiger partial charge < -0.3 is 14.8 Å². The van der Waals surface area contributed by atoms with Crippen LogP contribution in [-0.4, -0.2) is 32.3 Å². The van der Waals surface area contributed by atoms with Crippen LogP contribution in [0.5, 0.6) is 5.75 Å². The number of ether oxygens (including phenoxy) is 2. The molecule has 0 fully saturated rings. The van der Waals surface area contributed by atoms with E-state index in [-0.39, 0.29) is 12.6 Å². The van der Waals surface area contributed by atoms with Crippen LogP contribution in [0.15, 0.2) is 18.2 Å². The summed E-state index contributed by atoms with van der Waals surface area (Å²) in [5, 5.41) is 2.88. The quantitative estimate of drug-likeness (QED) is 0.784. The molecule has 1 aromatic carbocycles. The normalized spacial score (nSPS) is 12.0. The maximum atomic E-state index is 11.6. The lowest BCUT2D eigenvalue weighted by molar-refractivity contribution is -0.146. The Kier molecular flexibility index (Phi) is 5.65. The summed E-state index contributed by atoms with van der Waals surface area (Å²) in [6, 6.07) is 5.43. The molecule has 18 heavy (non-hydrogen) atoms. The second-order valence-corrected chi connectivity index (χ2v) is 4.15. The van der Waals surface area contributed by atoms with Crippen molar-refractivity contribution >= 4 is 5.97 Å². The number of hydrogen-bond donors (Lipinski definition) is 1. The van der Waals surface area contributed by atoms with Crippen LogP contribution in [0.3, 0.4) is 0 Å². The highest BCUT2D eigenvalue weighted by Crippen LogP contribution is 2.16. The molecule has 0 amide bonds. The fourth-order valence-electron chi connectivity index (χ4n) is 1.50. The van der Waals surface area contributed by atoms with Crippen molar-refractivity contribution < 1.29 is 14.3 Å². The van der Waals surface area contributed by atoms with E-state index in [4.69, 9.17) is 9.47 Å². The van der Waals surface area contributed by atoms with Gasteiger partial charge in [0.1, 0.15) is 18.4 Å².